The molecule has 152 valence electrons. The Balaban J connectivity index is 1.40. The van der Waals surface area contributed by atoms with Crippen LogP contribution in [0, 0.1) is 19.8 Å². The molecule has 4 rings (SSSR count). The van der Waals surface area contributed by atoms with Gasteiger partial charge in [-0.3, -0.25) is 14.5 Å². The Morgan fingerprint density at radius 1 is 1.21 bits per heavy atom. The standard InChI is InChI=1S/C21H26N6O2/c1-13-5-6-17(22-9-13)16-7-15(16)12-29-20-8-18(21(28)27(4)25-20)23-11-19-14(2)10-24-26(19)3/h5-6,8-10,15-16,23H,7,11-12H2,1-4H3/t15-,16+/m1/s1. The lowest BCUT2D eigenvalue weighted by Gasteiger charge is -2.11. The second kappa shape index (κ2) is 7.69. The van der Waals surface area contributed by atoms with E-state index >= 15 is 0 Å². The predicted molar refractivity (Wildman–Crippen MR) is 110 cm³/mol. The zero-order chi connectivity index (χ0) is 20.5. The highest BCUT2D eigenvalue weighted by Crippen LogP contribution is 2.46. The average Bonchev–Trinajstić information content (AvgIpc) is 3.41. The molecule has 29 heavy (non-hydrogen) atoms. The summed E-state index contributed by atoms with van der Waals surface area (Å²) in [7, 11) is 3.52. The van der Waals surface area contributed by atoms with Gasteiger partial charge in [0, 0.05) is 43.9 Å². The first-order valence-electron chi connectivity index (χ1n) is 9.77. The maximum Gasteiger partial charge on any atom is 0.290 e. The molecule has 0 unspecified atom stereocenters. The number of hydrogen-bond donors (Lipinski definition) is 1. The van der Waals surface area contributed by atoms with Crippen LogP contribution in [0.4, 0.5) is 5.69 Å². The van der Waals surface area contributed by atoms with Crippen molar-refractivity contribution in [3.05, 3.63) is 63.5 Å². The Hall–Kier alpha value is -3.16. The van der Waals surface area contributed by atoms with E-state index in [1.54, 1.807) is 17.8 Å². The number of pyridine rings is 1. The van der Waals surface area contributed by atoms with Crippen molar-refractivity contribution in [2.75, 3.05) is 11.9 Å². The van der Waals surface area contributed by atoms with E-state index < -0.39 is 0 Å². The maximum atomic E-state index is 12.4. The summed E-state index contributed by atoms with van der Waals surface area (Å²) in [6.07, 6.45) is 4.78. The van der Waals surface area contributed by atoms with Gasteiger partial charge < -0.3 is 10.1 Å². The molecule has 2 atom stereocenters. The molecular weight excluding hydrogens is 368 g/mol. The molecule has 8 nitrogen and oxygen atoms in total. The molecule has 0 saturated heterocycles. The molecule has 0 radical (unpaired) electrons. The average molecular weight is 394 g/mol. The Labute approximate surface area is 169 Å². The van der Waals surface area contributed by atoms with Gasteiger partial charge in [0.1, 0.15) is 5.69 Å². The quantitative estimate of drug-likeness (QED) is 0.662. The fourth-order valence-electron chi connectivity index (χ4n) is 3.47. The summed E-state index contributed by atoms with van der Waals surface area (Å²) in [5, 5.41) is 11.7. The van der Waals surface area contributed by atoms with E-state index in [0.29, 0.717) is 36.6 Å². The fourth-order valence-corrected chi connectivity index (χ4v) is 3.47. The lowest BCUT2D eigenvalue weighted by molar-refractivity contribution is 0.278. The van der Waals surface area contributed by atoms with Crippen LogP contribution in [0.15, 0.2) is 35.4 Å². The first kappa shape index (κ1) is 19.2. The van der Waals surface area contributed by atoms with Crippen molar-refractivity contribution in [2.24, 2.45) is 20.0 Å². The van der Waals surface area contributed by atoms with Crippen LogP contribution in [0.1, 0.15) is 34.9 Å². The van der Waals surface area contributed by atoms with Crippen LogP contribution in [0.3, 0.4) is 0 Å². The van der Waals surface area contributed by atoms with Crippen LogP contribution in [0.5, 0.6) is 5.88 Å². The summed E-state index contributed by atoms with van der Waals surface area (Å²) in [6, 6.07) is 5.86. The van der Waals surface area contributed by atoms with Crippen molar-refractivity contribution >= 4 is 5.69 Å². The number of ether oxygens (including phenoxy) is 1. The van der Waals surface area contributed by atoms with E-state index in [1.165, 1.54) is 4.68 Å². The summed E-state index contributed by atoms with van der Waals surface area (Å²) in [4.78, 5) is 16.9. The molecule has 0 bridgehead atoms. The number of anilines is 1. The highest BCUT2D eigenvalue weighted by atomic mass is 16.5. The normalized spacial score (nSPS) is 17.9. The number of aromatic nitrogens is 5. The molecule has 1 saturated carbocycles. The zero-order valence-electron chi connectivity index (χ0n) is 17.2. The van der Waals surface area contributed by atoms with Crippen LogP contribution < -0.4 is 15.6 Å². The minimum absolute atomic E-state index is 0.190. The molecular formula is C21H26N6O2. The summed E-state index contributed by atoms with van der Waals surface area (Å²) in [6.45, 7) is 5.10. The first-order valence-corrected chi connectivity index (χ1v) is 9.77. The minimum Gasteiger partial charge on any atom is -0.476 e. The van der Waals surface area contributed by atoms with Gasteiger partial charge in [0.15, 0.2) is 0 Å². The second-order valence-corrected chi connectivity index (χ2v) is 7.75. The van der Waals surface area contributed by atoms with E-state index in [9.17, 15) is 4.79 Å². The van der Waals surface area contributed by atoms with Gasteiger partial charge in [-0.15, -0.1) is 5.10 Å². The van der Waals surface area contributed by atoms with Crippen LogP contribution >= 0.6 is 0 Å². The number of rotatable bonds is 7. The molecule has 1 aliphatic carbocycles. The van der Waals surface area contributed by atoms with Gasteiger partial charge in [-0.25, -0.2) is 4.68 Å². The first-order chi connectivity index (χ1) is 13.9. The van der Waals surface area contributed by atoms with Crippen molar-refractivity contribution < 1.29 is 4.74 Å². The Morgan fingerprint density at radius 3 is 2.72 bits per heavy atom. The number of aryl methyl sites for hydroxylation is 4. The van der Waals surface area contributed by atoms with E-state index in [1.807, 2.05) is 33.3 Å². The Bertz CT molecular complexity index is 1050. The predicted octanol–water partition coefficient (Wildman–Crippen LogP) is 2.32. The van der Waals surface area contributed by atoms with Gasteiger partial charge in [-0.2, -0.15) is 5.10 Å². The molecule has 0 aromatic carbocycles. The van der Waals surface area contributed by atoms with Gasteiger partial charge in [-0.1, -0.05) is 6.07 Å². The highest BCUT2D eigenvalue weighted by molar-refractivity contribution is 5.44. The zero-order valence-corrected chi connectivity index (χ0v) is 17.2. The third-order valence-corrected chi connectivity index (χ3v) is 5.44. The highest BCUT2D eigenvalue weighted by Gasteiger charge is 2.40. The Kier molecular flexibility index (Phi) is 5.08. The monoisotopic (exact) mass is 394 g/mol. The number of hydrogen-bond acceptors (Lipinski definition) is 6. The number of nitrogens with zero attached hydrogens (tertiary/aromatic N) is 5. The van der Waals surface area contributed by atoms with E-state index in [0.717, 1.165) is 28.9 Å². The molecule has 0 aliphatic heterocycles. The molecule has 3 heterocycles. The molecule has 0 amide bonds. The molecule has 1 aliphatic rings. The van der Waals surface area contributed by atoms with Crippen molar-refractivity contribution in [1.29, 1.82) is 0 Å². The SMILES string of the molecule is Cc1ccc([C@H]2C[C@@H]2COc2cc(NCc3c(C)cnn3C)c(=O)n(C)n2)nc1. The molecule has 8 heteroatoms. The summed E-state index contributed by atoms with van der Waals surface area (Å²) in [5.41, 5.74) is 4.66. The summed E-state index contributed by atoms with van der Waals surface area (Å²) >= 11 is 0. The van der Waals surface area contributed by atoms with Crippen molar-refractivity contribution in [3.63, 3.8) is 0 Å². The smallest absolute Gasteiger partial charge is 0.290 e. The molecule has 1 fully saturated rings. The largest absolute Gasteiger partial charge is 0.476 e. The summed E-state index contributed by atoms with van der Waals surface area (Å²) < 4.78 is 9.02. The Morgan fingerprint density at radius 2 is 2.03 bits per heavy atom. The maximum absolute atomic E-state index is 12.4. The van der Waals surface area contributed by atoms with Gasteiger partial charge in [-0.05, 0) is 37.5 Å². The second-order valence-electron chi connectivity index (χ2n) is 7.75. The minimum atomic E-state index is -0.190. The topological polar surface area (TPSA) is 86.9 Å². The van der Waals surface area contributed by atoms with Crippen molar-refractivity contribution in [1.82, 2.24) is 24.5 Å². The molecule has 0 spiro atoms. The third kappa shape index (κ3) is 4.16. The van der Waals surface area contributed by atoms with Gasteiger partial charge in [0.05, 0.1) is 25.0 Å². The van der Waals surface area contributed by atoms with Crippen LogP contribution in [0.2, 0.25) is 0 Å². The lowest BCUT2D eigenvalue weighted by atomic mass is 10.2. The lowest BCUT2D eigenvalue weighted by Crippen LogP contribution is -2.24. The molecule has 1 N–H and O–H groups in total. The van der Waals surface area contributed by atoms with Crippen LogP contribution in [-0.2, 0) is 20.6 Å². The molecule has 3 aromatic heterocycles. The van der Waals surface area contributed by atoms with E-state index in [4.69, 9.17) is 4.74 Å². The third-order valence-electron chi connectivity index (χ3n) is 5.44. The van der Waals surface area contributed by atoms with Crippen molar-refractivity contribution in [2.45, 2.75) is 32.7 Å². The summed E-state index contributed by atoms with van der Waals surface area (Å²) in [5.74, 6) is 1.31. The fraction of sp³-hybridized carbons (Fsp3) is 0.429. The van der Waals surface area contributed by atoms with Gasteiger partial charge in [0.2, 0.25) is 5.88 Å². The van der Waals surface area contributed by atoms with Crippen LogP contribution in [0.25, 0.3) is 0 Å². The van der Waals surface area contributed by atoms with E-state index in [2.05, 4.69) is 32.6 Å². The van der Waals surface area contributed by atoms with E-state index in [-0.39, 0.29) is 5.56 Å². The molecule has 3 aromatic rings. The van der Waals surface area contributed by atoms with Crippen LogP contribution in [-0.4, -0.2) is 31.2 Å². The number of nitrogens with one attached hydrogen (secondary N) is 1. The van der Waals surface area contributed by atoms with Crippen molar-refractivity contribution in [3.8, 4) is 5.88 Å². The van der Waals surface area contributed by atoms with Gasteiger partial charge in [0.25, 0.3) is 5.56 Å². The van der Waals surface area contributed by atoms with Gasteiger partial charge >= 0.3 is 0 Å².